The van der Waals surface area contributed by atoms with Crippen molar-refractivity contribution >= 4 is 34.5 Å². The fourth-order valence-electron chi connectivity index (χ4n) is 4.06. The summed E-state index contributed by atoms with van der Waals surface area (Å²) in [4.78, 5) is 30.6. The molecular formula is C27H27ClN4O3. The molecule has 1 amide bonds. The van der Waals surface area contributed by atoms with E-state index in [-0.39, 0.29) is 24.9 Å². The summed E-state index contributed by atoms with van der Waals surface area (Å²) in [6, 6.07) is 16.3. The number of aryl methyl sites for hydroxylation is 3. The van der Waals surface area contributed by atoms with Gasteiger partial charge in [-0.3, -0.25) is 9.59 Å². The Morgan fingerprint density at radius 2 is 1.80 bits per heavy atom. The monoisotopic (exact) mass is 490 g/mol. The molecule has 0 saturated heterocycles. The lowest BCUT2D eigenvalue weighted by atomic mass is 10.0. The topological polar surface area (TPSA) is 86.1 Å². The van der Waals surface area contributed by atoms with Crippen molar-refractivity contribution in [1.29, 1.82) is 0 Å². The van der Waals surface area contributed by atoms with Gasteiger partial charge < -0.3 is 10.1 Å². The molecule has 7 nitrogen and oxygen atoms in total. The van der Waals surface area contributed by atoms with Crippen molar-refractivity contribution in [3.05, 3.63) is 87.7 Å². The van der Waals surface area contributed by atoms with Crippen LogP contribution in [-0.2, 0) is 9.53 Å². The molecule has 1 N–H and O–H groups in total. The number of para-hydroxylation sites is 1. The summed E-state index contributed by atoms with van der Waals surface area (Å²) < 4.78 is 6.81. The first-order valence-electron chi connectivity index (χ1n) is 11.4. The predicted molar refractivity (Wildman–Crippen MR) is 136 cm³/mol. The number of halogens is 1. The first kappa shape index (κ1) is 24.4. The fraction of sp³-hybridized carbons (Fsp3) is 0.259. The molecule has 2 heterocycles. The van der Waals surface area contributed by atoms with Crippen LogP contribution in [0.15, 0.2) is 54.6 Å². The van der Waals surface area contributed by atoms with Gasteiger partial charge in [-0.1, -0.05) is 53.6 Å². The molecule has 0 spiro atoms. The Hall–Kier alpha value is -3.71. The standard InChI is InChI=1S/C27H27ClN4O3/c1-5-35-24(33)15-22(19-12-10-16(2)11-13-19)30-27(34)20-14-17(3)29-26-25(20)18(4)31-32(26)23-9-7-6-8-21(23)28/h6-14,22H,5,15H2,1-4H3,(H,30,34)/t22-/m0/s1. The molecule has 8 heteroatoms. The van der Waals surface area contributed by atoms with Gasteiger partial charge in [-0.25, -0.2) is 9.67 Å². The van der Waals surface area contributed by atoms with E-state index in [9.17, 15) is 9.59 Å². The van der Waals surface area contributed by atoms with Gasteiger partial charge in [0.25, 0.3) is 5.91 Å². The number of carbonyl (C=O) groups is 2. The normalized spacial score (nSPS) is 11.9. The van der Waals surface area contributed by atoms with Gasteiger partial charge in [-0.2, -0.15) is 5.10 Å². The van der Waals surface area contributed by atoms with E-state index in [0.29, 0.717) is 38.7 Å². The van der Waals surface area contributed by atoms with Crippen LogP contribution in [0.5, 0.6) is 0 Å². The Morgan fingerprint density at radius 3 is 2.49 bits per heavy atom. The van der Waals surface area contributed by atoms with E-state index in [4.69, 9.17) is 16.3 Å². The van der Waals surface area contributed by atoms with Gasteiger partial charge in [0, 0.05) is 5.69 Å². The number of aromatic nitrogens is 3. The van der Waals surface area contributed by atoms with Crippen LogP contribution in [0.2, 0.25) is 5.02 Å². The zero-order chi connectivity index (χ0) is 25.1. The molecule has 4 rings (SSSR count). The molecule has 4 aromatic rings. The number of hydrogen-bond donors (Lipinski definition) is 1. The van der Waals surface area contributed by atoms with Crippen molar-refractivity contribution in [2.45, 2.75) is 40.2 Å². The van der Waals surface area contributed by atoms with Crippen LogP contribution >= 0.6 is 11.6 Å². The van der Waals surface area contributed by atoms with E-state index in [1.54, 1.807) is 23.7 Å². The third kappa shape index (κ3) is 5.20. The Kier molecular flexibility index (Phi) is 7.17. The molecule has 2 aromatic carbocycles. The SMILES string of the molecule is CCOC(=O)C[C@H](NC(=O)c1cc(C)nc2c1c(C)nn2-c1ccccc1Cl)c1ccc(C)cc1. The highest BCUT2D eigenvalue weighted by Gasteiger charge is 2.24. The number of nitrogens with one attached hydrogen (secondary N) is 1. The summed E-state index contributed by atoms with van der Waals surface area (Å²) in [5, 5.41) is 8.83. The molecule has 35 heavy (non-hydrogen) atoms. The largest absolute Gasteiger partial charge is 0.466 e. The second kappa shape index (κ2) is 10.3. The van der Waals surface area contributed by atoms with E-state index in [1.807, 2.05) is 63.2 Å². The van der Waals surface area contributed by atoms with Crippen molar-refractivity contribution in [2.75, 3.05) is 6.61 Å². The van der Waals surface area contributed by atoms with Crippen LogP contribution in [0, 0.1) is 20.8 Å². The van der Waals surface area contributed by atoms with Gasteiger partial charge in [0.05, 0.1) is 46.4 Å². The van der Waals surface area contributed by atoms with Crippen molar-refractivity contribution < 1.29 is 14.3 Å². The summed E-state index contributed by atoms with van der Waals surface area (Å²) in [7, 11) is 0. The van der Waals surface area contributed by atoms with E-state index in [0.717, 1.165) is 11.1 Å². The number of nitrogens with zero attached hydrogens (tertiary/aromatic N) is 3. The second-order valence-electron chi connectivity index (χ2n) is 8.40. The van der Waals surface area contributed by atoms with Crippen LogP contribution in [-0.4, -0.2) is 33.2 Å². The van der Waals surface area contributed by atoms with Gasteiger partial charge in [-0.05, 0) is 51.5 Å². The van der Waals surface area contributed by atoms with Gasteiger partial charge in [0.2, 0.25) is 0 Å². The van der Waals surface area contributed by atoms with Crippen LogP contribution in [0.3, 0.4) is 0 Å². The fourth-order valence-corrected chi connectivity index (χ4v) is 4.27. The predicted octanol–water partition coefficient (Wildman–Crippen LogP) is 5.42. The minimum Gasteiger partial charge on any atom is -0.466 e. The third-order valence-electron chi connectivity index (χ3n) is 5.73. The lowest BCUT2D eigenvalue weighted by Crippen LogP contribution is -2.31. The molecule has 0 aliphatic heterocycles. The molecule has 180 valence electrons. The number of amides is 1. The average molecular weight is 491 g/mol. The van der Waals surface area contributed by atoms with Crippen LogP contribution < -0.4 is 5.32 Å². The van der Waals surface area contributed by atoms with E-state index in [2.05, 4.69) is 15.4 Å². The van der Waals surface area contributed by atoms with Crippen molar-refractivity contribution in [1.82, 2.24) is 20.1 Å². The number of pyridine rings is 1. The average Bonchev–Trinajstić information content (AvgIpc) is 3.14. The lowest BCUT2D eigenvalue weighted by molar-refractivity contribution is -0.143. The molecule has 0 unspecified atom stereocenters. The Labute approximate surface area is 209 Å². The number of carbonyl (C=O) groups excluding carboxylic acids is 2. The summed E-state index contributed by atoms with van der Waals surface area (Å²) in [6.07, 6.45) is 0.0215. The van der Waals surface area contributed by atoms with Crippen molar-refractivity contribution in [3.63, 3.8) is 0 Å². The minimum atomic E-state index is -0.551. The second-order valence-corrected chi connectivity index (χ2v) is 8.81. The molecular weight excluding hydrogens is 464 g/mol. The molecule has 0 aliphatic rings. The van der Waals surface area contributed by atoms with Gasteiger partial charge in [-0.15, -0.1) is 0 Å². The quantitative estimate of drug-likeness (QED) is 0.349. The zero-order valence-electron chi connectivity index (χ0n) is 20.1. The number of esters is 1. The van der Waals surface area contributed by atoms with Crippen LogP contribution in [0.1, 0.15) is 52.3 Å². The summed E-state index contributed by atoms with van der Waals surface area (Å²) in [6.45, 7) is 7.68. The summed E-state index contributed by atoms with van der Waals surface area (Å²) in [5.74, 6) is -0.700. The van der Waals surface area contributed by atoms with Gasteiger partial charge in [0.1, 0.15) is 0 Å². The highest BCUT2D eigenvalue weighted by atomic mass is 35.5. The molecule has 2 aromatic heterocycles. The van der Waals surface area contributed by atoms with Gasteiger partial charge >= 0.3 is 5.97 Å². The molecule has 0 radical (unpaired) electrons. The first-order valence-corrected chi connectivity index (χ1v) is 11.8. The highest BCUT2D eigenvalue weighted by Crippen LogP contribution is 2.29. The Bertz CT molecular complexity index is 1400. The van der Waals surface area contributed by atoms with Crippen molar-refractivity contribution in [2.24, 2.45) is 0 Å². The zero-order valence-corrected chi connectivity index (χ0v) is 20.9. The minimum absolute atomic E-state index is 0.0215. The summed E-state index contributed by atoms with van der Waals surface area (Å²) >= 11 is 6.42. The highest BCUT2D eigenvalue weighted by molar-refractivity contribution is 6.32. The maximum absolute atomic E-state index is 13.6. The third-order valence-corrected chi connectivity index (χ3v) is 6.05. The first-order chi connectivity index (χ1) is 16.8. The Balaban J connectivity index is 1.76. The molecule has 0 fully saturated rings. The number of rotatable bonds is 7. The number of fused-ring (bicyclic) bond motifs is 1. The maximum atomic E-state index is 13.6. The van der Waals surface area contributed by atoms with E-state index >= 15 is 0 Å². The number of benzene rings is 2. The van der Waals surface area contributed by atoms with Gasteiger partial charge in [0.15, 0.2) is 5.65 Å². The smallest absolute Gasteiger partial charge is 0.308 e. The molecule has 0 aliphatic carbocycles. The lowest BCUT2D eigenvalue weighted by Gasteiger charge is -2.19. The van der Waals surface area contributed by atoms with E-state index in [1.165, 1.54) is 0 Å². The van der Waals surface area contributed by atoms with Crippen LogP contribution in [0.25, 0.3) is 16.7 Å². The summed E-state index contributed by atoms with van der Waals surface area (Å²) in [5.41, 5.74) is 4.87. The number of ether oxygens (including phenoxy) is 1. The van der Waals surface area contributed by atoms with E-state index < -0.39 is 6.04 Å². The Morgan fingerprint density at radius 1 is 1.09 bits per heavy atom. The van der Waals surface area contributed by atoms with Crippen LogP contribution in [0.4, 0.5) is 0 Å². The van der Waals surface area contributed by atoms with Crippen molar-refractivity contribution in [3.8, 4) is 5.69 Å². The number of hydrogen-bond acceptors (Lipinski definition) is 5. The molecule has 0 bridgehead atoms. The molecule has 1 atom stereocenters. The maximum Gasteiger partial charge on any atom is 0.308 e. The molecule has 0 saturated carbocycles.